The third-order valence-corrected chi connectivity index (χ3v) is 6.44. The molecular weight excluding hydrogens is 550 g/mol. The van der Waals surface area contributed by atoms with E-state index < -0.39 is 18.4 Å². The lowest BCUT2D eigenvalue weighted by atomic mass is 9.88. The van der Waals surface area contributed by atoms with Gasteiger partial charge in [-0.3, -0.25) is 4.79 Å². The summed E-state index contributed by atoms with van der Waals surface area (Å²) in [6, 6.07) is 16.4. The van der Waals surface area contributed by atoms with Crippen molar-refractivity contribution in [2.45, 2.75) is 31.9 Å². The zero-order valence-electron chi connectivity index (χ0n) is 22.8. The third kappa shape index (κ3) is 8.53. The maximum atomic E-state index is 14.5. The van der Waals surface area contributed by atoms with Gasteiger partial charge in [-0.25, -0.2) is 9.37 Å². The number of aliphatic hydroxyl groups is 1. The van der Waals surface area contributed by atoms with Gasteiger partial charge in [-0.1, -0.05) is 42.5 Å². The molecule has 10 heteroatoms. The highest BCUT2D eigenvalue weighted by atomic mass is 19.4. The maximum Gasteiger partial charge on any atom is 0.393 e. The number of unbranched alkanes of at least 4 members (excludes halogenated alkanes) is 2. The van der Waals surface area contributed by atoms with Crippen molar-refractivity contribution in [1.29, 1.82) is 0 Å². The van der Waals surface area contributed by atoms with E-state index in [2.05, 4.69) is 15.3 Å². The highest BCUT2D eigenvalue weighted by Gasteiger charge is 2.31. The molecule has 220 valence electrons. The minimum atomic E-state index is -4.49. The van der Waals surface area contributed by atoms with Crippen LogP contribution < -0.4 is 10.1 Å². The van der Waals surface area contributed by atoms with Gasteiger partial charge in [-0.05, 0) is 65.8 Å². The first kappa shape index (κ1) is 30.5. The number of aromatic nitrogens is 2. The number of fused-ring (bicyclic) bond motifs is 1. The molecule has 0 aliphatic carbocycles. The Hall–Kier alpha value is -4.44. The monoisotopic (exact) mass is 581 g/mol. The molecule has 0 fully saturated rings. The topological polar surface area (TPSA) is 87.2 Å². The minimum Gasteiger partial charge on any atom is -0.478 e. The Kier molecular flexibility index (Phi) is 10.5. The number of allylic oxidation sites excluding steroid dienone is 2. The molecule has 3 N–H and O–H groups in total. The summed E-state index contributed by atoms with van der Waals surface area (Å²) in [7, 11) is 0. The number of hydrogen-bond donors (Lipinski definition) is 3. The number of nitrogens with one attached hydrogen (secondary N) is 2. The Labute approximate surface area is 240 Å². The number of carbonyl (C=O) groups excluding carboxylic acids is 1. The van der Waals surface area contributed by atoms with E-state index in [-0.39, 0.29) is 30.0 Å². The van der Waals surface area contributed by atoms with E-state index >= 15 is 0 Å². The van der Waals surface area contributed by atoms with E-state index in [9.17, 15) is 22.4 Å². The number of pyridine rings is 1. The summed E-state index contributed by atoms with van der Waals surface area (Å²) >= 11 is 0. The number of aromatic amines is 1. The standard InChI is InChI=1S/C32H31F4N3O3/c33-27-21-38-28-13-11-23(18-25(27)28)31(26(19-32(34,35)36)22-8-4-3-5-9-22)24-12-14-30(39-20-24)42-17-7-2-1-6-10-29(41)37-15-16-40/h3-6,8-14,18,20-21,38,40H,1-2,7,15-17,19H2,(H,37,41)/b10-6+,31-26-. The lowest BCUT2D eigenvalue weighted by Gasteiger charge is -2.19. The predicted octanol–water partition coefficient (Wildman–Crippen LogP) is 6.83. The average Bonchev–Trinajstić information content (AvgIpc) is 3.35. The van der Waals surface area contributed by atoms with E-state index in [0.29, 0.717) is 53.1 Å². The van der Waals surface area contributed by atoms with Gasteiger partial charge in [0.15, 0.2) is 0 Å². The predicted molar refractivity (Wildman–Crippen MR) is 154 cm³/mol. The smallest absolute Gasteiger partial charge is 0.393 e. The number of benzene rings is 2. The SMILES string of the molecule is O=C(/C=C/CCCCOc1ccc(/C(=C(/CC(F)(F)F)c2ccccc2)c2ccc3[nH]cc(F)c3c2)cn1)NCCO. The van der Waals surface area contributed by atoms with E-state index in [0.717, 1.165) is 6.42 Å². The van der Waals surface area contributed by atoms with Crippen LogP contribution in [0.15, 0.2) is 85.2 Å². The molecule has 0 radical (unpaired) electrons. The summed E-state index contributed by atoms with van der Waals surface area (Å²) in [6.07, 6.45) is 2.31. The van der Waals surface area contributed by atoms with Crippen LogP contribution in [-0.4, -0.2) is 46.9 Å². The molecule has 0 bridgehead atoms. The van der Waals surface area contributed by atoms with Crippen molar-refractivity contribution >= 4 is 28.0 Å². The normalized spacial score (nSPS) is 12.5. The van der Waals surface area contributed by atoms with Crippen LogP contribution in [0.1, 0.15) is 42.4 Å². The Morgan fingerprint density at radius 3 is 2.52 bits per heavy atom. The Morgan fingerprint density at radius 1 is 1.02 bits per heavy atom. The van der Waals surface area contributed by atoms with Gasteiger partial charge in [0, 0.05) is 41.5 Å². The highest BCUT2D eigenvalue weighted by Crippen LogP contribution is 2.40. The van der Waals surface area contributed by atoms with Crippen LogP contribution in [0.5, 0.6) is 5.88 Å². The number of aliphatic hydroxyl groups excluding tert-OH is 1. The Balaban J connectivity index is 1.56. The molecule has 4 aromatic rings. The largest absolute Gasteiger partial charge is 0.478 e. The number of halogens is 4. The van der Waals surface area contributed by atoms with Crippen molar-refractivity contribution in [3.8, 4) is 5.88 Å². The van der Waals surface area contributed by atoms with Gasteiger partial charge in [0.05, 0.1) is 19.6 Å². The van der Waals surface area contributed by atoms with Gasteiger partial charge in [0.2, 0.25) is 11.8 Å². The van der Waals surface area contributed by atoms with Crippen molar-refractivity contribution in [2.75, 3.05) is 19.8 Å². The maximum absolute atomic E-state index is 14.5. The number of alkyl halides is 3. The van der Waals surface area contributed by atoms with E-state index in [1.165, 1.54) is 18.5 Å². The molecular formula is C32H31F4N3O3. The number of carbonyl (C=O) groups is 1. The van der Waals surface area contributed by atoms with Crippen LogP contribution in [0.2, 0.25) is 0 Å². The van der Waals surface area contributed by atoms with Crippen molar-refractivity contribution in [3.05, 3.63) is 108 Å². The Morgan fingerprint density at radius 2 is 1.81 bits per heavy atom. The zero-order valence-corrected chi connectivity index (χ0v) is 22.8. The number of nitrogens with zero attached hydrogens (tertiary/aromatic N) is 1. The van der Waals surface area contributed by atoms with E-state index in [4.69, 9.17) is 9.84 Å². The molecule has 0 spiro atoms. The fourth-order valence-electron chi connectivity index (χ4n) is 4.51. The van der Waals surface area contributed by atoms with Gasteiger partial charge in [-0.15, -0.1) is 0 Å². The molecule has 0 atom stereocenters. The zero-order chi connectivity index (χ0) is 30.0. The molecule has 42 heavy (non-hydrogen) atoms. The van der Waals surface area contributed by atoms with Crippen LogP contribution in [0.3, 0.4) is 0 Å². The molecule has 0 saturated heterocycles. The van der Waals surface area contributed by atoms with Gasteiger partial charge >= 0.3 is 6.18 Å². The van der Waals surface area contributed by atoms with Crippen molar-refractivity contribution in [3.63, 3.8) is 0 Å². The van der Waals surface area contributed by atoms with Crippen LogP contribution >= 0.6 is 0 Å². The highest BCUT2D eigenvalue weighted by molar-refractivity contribution is 6.00. The lowest BCUT2D eigenvalue weighted by molar-refractivity contribution is -0.123. The first-order chi connectivity index (χ1) is 20.2. The van der Waals surface area contributed by atoms with Crippen LogP contribution in [0, 0.1) is 5.82 Å². The van der Waals surface area contributed by atoms with Gasteiger partial charge in [0.1, 0.15) is 5.82 Å². The summed E-state index contributed by atoms with van der Waals surface area (Å²) in [5.74, 6) is -0.436. The van der Waals surface area contributed by atoms with Crippen LogP contribution in [0.25, 0.3) is 22.0 Å². The summed E-state index contributed by atoms with van der Waals surface area (Å²) in [6.45, 7) is 0.456. The summed E-state index contributed by atoms with van der Waals surface area (Å²) in [5, 5.41) is 11.5. The molecule has 0 unspecified atom stereocenters. The summed E-state index contributed by atoms with van der Waals surface area (Å²) in [5.41, 5.74) is 2.15. The van der Waals surface area contributed by atoms with Gasteiger partial charge < -0.3 is 20.1 Å². The fraction of sp³-hybridized carbons (Fsp3) is 0.250. The summed E-state index contributed by atoms with van der Waals surface area (Å²) in [4.78, 5) is 18.6. The summed E-state index contributed by atoms with van der Waals surface area (Å²) < 4.78 is 61.8. The number of H-pyrrole nitrogens is 1. The molecule has 2 heterocycles. The van der Waals surface area contributed by atoms with Crippen molar-refractivity contribution < 1.29 is 32.2 Å². The first-order valence-corrected chi connectivity index (χ1v) is 13.5. The molecule has 2 aromatic carbocycles. The van der Waals surface area contributed by atoms with Crippen molar-refractivity contribution in [1.82, 2.24) is 15.3 Å². The minimum absolute atomic E-state index is 0.0481. The first-order valence-electron chi connectivity index (χ1n) is 13.5. The molecule has 2 aromatic heterocycles. The second kappa shape index (κ2) is 14.5. The Bertz CT molecular complexity index is 1530. The molecule has 0 aliphatic rings. The number of amides is 1. The van der Waals surface area contributed by atoms with Gasteiger partial charge in [-0.2, -0.15) is 13.2 Å². The van der Waals surface area contributed by atoms with E-state index in [1.807, 2.05) is 0 Å². The second-order valence-electron chi connectivity index (χ2n) is 9.55. The third-order valence-electron chi connectivity index (χ3n) is 6.44. The molecule has 1 amide bonds. The second-order valence-corrected chi connectivity index (χ2v) is 9.55. The number of ether oxygens (including phenoxy) is 1. The van der Waals surface area contributed by atoms with Gasteiger partial charge in [0.25, 0.3) is 0 Å². The van der Waals surface area contributed by atoms with Crippen molar-refractivity contribution in [2.24, 2.45) is 0 Å². The van der Waals surface area contributed by atoms with Crippen LogP contribution in [-0.2, 0) is 4.79 Å². The molecule has 0 aliphatic heterocycles. The number of rotatable bonds is 13. The lowest BCUT2D eigenvalue weighted by Crippen LogP contribution is -2.24. The van der Waals surface area contributed by atoms with Crippen LogP contribution in [0.4, 0.5) is 17.6 Å². The molecule has 0 saturated carbocycles. The molecule has 4 rings (SSSR count). The molecule has 6 nitrogen and oxygen atoms in total. The fourth-order valence-corrected chi connectivity index (χ4v) is 4.51. The quantitative estimate of drug-likeness (QED) is 0.0700. The van der Waals surface area contributed by atoms with E-state index in [1.54, 1.807) is 66.7 Å². The number of hydrogen-bond acceptors (Lipinski definition) is 4. The average molecular weight is 582 g/mol.